The Labute approximate surface area is 110 Å². The third kappa shape index (κ3) is 3.24. The van der Waals surface area contributed by atoms with Crippen molar-refractivity contribution in [1.82, 2.24) is 9.97 Å². The first-order chi connectivity index (χ1) is 9.13. The van der Waals surface area contributed by atoms with E-state index in [1.165, 1.54) is 12.5 Å². The molecule has 8 heteroatoms. The molecule has 0 radical (unpaired) electrons. The minimum absolute atomic E-state index is 0.0128. The Morgan fingerprint density at radius 2 is 2.16 bits per heavy atom. The van der Waals surface area contributed by atoms with Crippen molar-refractivity contribution in [1.29, 1.82) is 0 Å². The highest BCUT2D eigenvalue weighted by molar-refractivity contribution is 7.92. The number of sulfonamides is 1. The van der Waals surface area contributed by atoms with Crippen molar-refractivity contribution in [3.8, 4) is 5.75 Å². The molecule has 2 rings (SSSR count). The fraction of sp³-hybridized carbons (Fsp3) is 0.182. The summed E-state index contributed by atoms with van der Waals surface area (Å²) in [7, 11) is -3.70. The summed E-state index contributed by atoms with van der Waals surface area (Å²) in [4.78, 5) is 6.22. The summed E-state index contributed by atoms with van der Waals surface area (Å²) < 4.78 is 31.9. The largest absolute Gasteiger partial charge is 0.490 e. The molecule has 4 N–H and O–H groups in total. The molecule has 0 atom stereocenters. The smallest absolute Gasteiger partial charge is 0.279 e. The second kappa shape index (κ2) is 5.72. The van der Waals surface area contributed by atoms with Crippen LogP contribution < -0.4 is 15.2 Å². The number of H-pyrrole nitrogens is 1. The molecule has 0 amide bonds. The van der Waals surface area contributed by atoms with Crippen LogP contribution in [0.15, 0.2) is 41.8 Å². The van der Waals surface area contributed by atoms with E-state index in [-0.39, 0.29) is 5.03 Å². The van der Waals surface area contributed by atoms with Gasteiger partial charge in [-0.25, -0.2) is 4.98 Å². The topological polar surface area (TPSA) is 110 Å². The summed E-state index contributed by atoms with van der Waals surface area (Å²) in [5, 5.41) is -0.0128. The van der Waals surface area contributed by atoms with Gasteiger partial charge < -0.3 is 15.5 Å². The molecule has 1 aromatic heterocycles. The molecular formula is C11H14N4O3S. The Morgan fingerprint density at radius 1 is 1.37 bits per heavy atom. The van der Waals surface area contributed by atoms with E-state index in [9.17, 15) is 8.42 Å². The van der Waals surface area contributed by atoms with Gasteiger partial charge in [0, 0.05) is 6.54 Å². The summed E-state index contributed by atoms with van der Waals surface area (Å²) in [6.07, 6.45) is 2.52. The van der Waals surface area contributed by atoms with E-state index in [1.807, 2.05) is 0 Å². The zero-order chi connectivity index (χ0) is 13.7. The van der Waals surface area contributed by atoms with Crippen LogP contribution >= 0.6 is 0 Å². The molecule has 102 valence electrons. The molecule has 2 aromatic rings. The van der Waals surface area contributed by atoms with E-state index < -0.39 is 10.0 Å². The highest BCUT2D eigenvalue weighted by Gasteiger charge is 2.17. The third-order valence-corrected chi connectivity index (χ3v) is 3.56. The zero-order valence-corrected chi connectivity index (χ0v) is 10.9. The molecular weight excluding hydrogens is 268 g/mol. The maximum absolute atomic E-state index is 12.0. The second-order valence-electron chi connectivity index (χ2n) is 3.65. The lowest BCUT2D eigenvalue weighted by molar-refractivity contribution is 0.330. The molecule has 0 fully saturated rings. The highest BCUT2D eigenvalue weighted by atomic mass is 32.2. The number of nitrogens with two attached hydrogens (primary N) is 1. The van der Waals surface area contributed by atoms with Gasteiger partial charge in [0.05, 0.1) is 18.2 Å². The van der Waals surface area contributed by atoms with E-state index in [0.717, 1.165) is 0 Å². The molecule has 0 aliphatic carbocycles. The predicted molar refractivity (Wildman–Crippen MR) is 70.4 cm³/mol. The number of imidazole rings is 1. The van der Waals surface area contributed by atoms with Crippen LogP contribution in [-0.2, 0) is 10.0 Å². The summed E-state index contributed by atoms with van der Waals surface area (Å²) in [5.41, 5.74) is 5.71. The van der Waals surface area contributed by atoms with Crippen molar-refractivity contribution in [3.05, 3.63) is 36.8 Å². The van der Waals surface area contributed by atoms with E-state index in [0.29, 0.717) is 24.6 Å². The van der Waals surface area contributed by atoms with Crippen LogP contribution in [0.5, 0.6) is 5.75 Å². The predicted octanol–water partition coefficient (Wildman–Crippen LogP) is 0.548. The summed E-state index contributed by atoms with van der Waals surface area (Å²) >= 11 is 0. The molecule has 1 aromatic carbocycles. The van der Waals surface area contributed by atoms with Crippen molar-refractivity contribution < 1.29 is 13.2 Å². The second-order valence-corrected chi connectivity index (χ2v) is 5.31. The maximum atomic E-state index is 12.0. The van der Waals surface area contributed by atoms with Gasteiger partial charge in [0.15, 0.2) is 5.03 Å². The monoisotopic (exact) mass is 282 g/mol. The van der Waals surface area contributed by atoms with Gasteiger partial charge in [-0.2, -0.15) is 8.42 Å². The first-order valence-corrected chi connectivity index (χ1v) is 7.05. The number of nitrogens with zero attached hydrogens (tertiary/aromatic N) is 1. The van der Waals surface area contributed by atoms with Crippen molar-refractivity contribution in [3.63, 3.8) is 0 Å². The fourth-order valence-corrected chi connectivity index (χ4v) is 2.41. The molecule has 0 unspecified atom stereocenters. The number of aromatic amines is 1. The molecule has 0 spiro atoms. The summed E-state index contributed by atoms with van der Waals surface area (Å²) in [6, 6.07) is 6.74. The minimum atomic E-state index is -3.70. The Hall–Kier alpha value is -2.06. The molecule has 19 heavy (non-hydrogen) atoms. The quantitative estimate of drug-likeness (QED) is 0.716. The van der Waals surface area contributed by atoms with Crippen LogP contribution in [0.4, 0.5) is 5.69 Å². The third-order valence-electron chi connectivity index (χ3n) is 2.27. The number of para-hydroxylation sites is 2. The Kier molecular flexibility index (Phi) is 4.03. The highest BCUT2D eigenvalue weighted by Crippen LogP contribution is 2.25. The molecule has 0 bridgehead atoms. The minimum Gasteiger partial charge on any atom is -0.490 e. The van der Waals surface area contributed by atoms with Crippen LogP contribution in [0.2, 0.25) is 0 Å². The van der Waals surface area contributed by atoms with Crippen LogP contribution in [0, 0.1) is 0 Å². The molecule has 0 saturated heterocycles. The van der Waals surface area contributed by atoms with Gasteiger partial charge in [0.25, 0.3) is 10.0 Å². The summed E-state index contributed by atoms with van der Waals surface area (Å²) in [6.45, 7) is 0.657. The fourth-order valence-electron chi connectivity index (χ4n) is 1.44. The van der Waals surface area contributed by atoms with Gasteiger partial charge in [0.1, 0.15) is 12.4 Å². The van der Waals surface area contributed by atoms with E-state index >= 15 is 0 Å². The normalized spacial score (nSPS) is 11.2. The number of nitrogens with one attached hydrogen (secondary N) is 2. The van der Waals surface area contributed by atoms with Crippen LogP contribution in [0.25, 0.3) is 0 Å². The Morgan fingerprint density at radius 3 is 2.84 bits per heavy atom. The Bertz CT molecular complexity index is 625. The van der Waals surface area contributed by atoms with Crippen LogP contribution in [0.1, 0.15) is 0 Å². The number of benzene rings is 1. The molecule has 0 saturated carbocycles. The number of hydrogen-bond acceptors (Lipinski definition) is 5. The van der Waals surface area contributed by atoms with E-state index in [1.54, 1.807) is 24.3 Å². The van der Waals surface area contributed by atoms with Crippen molar-refractivity contribution in [2.45, 2.75) is 5.03 Å². The van der Waals surface area contributed by atoms with Crippen LogP contribution in [-0.4, -0.2) is 31.5 Å². The van der Waals surface area contributed by atoms with Gasteiger partial charge in [-0.05, 0) is 12.1 Å². The van der Waals surface area contributed by atoms with Gasteiger partial charge in [0.2, 0.25) is 0 Å². The number of hydrogen-bond donors (Lipinski definition) is 3. The number of rotatable bonds is 6. The van der Waals surface area contributed by atoms with Crippen molar-refractivity contribution in [2.75, 3.05) is 17.9 Å². The van der Waals surface area contributed by atoms with E-state index in [4.69, 9.17) is 10.5 Å². The number of anilines is 1. The van der Waals surface area contributed by atoms with Gasteiger partial charge >= 0.3 is 0 Å². The van der Waals surface area contributed by atoms with Crippen LogP contribution in [0.3, 0.4) is 0 Å². The molecule has 7 nitrogen and oxygen atoms in total. The van der Waals surface area contributed by atoms with Gasteiger partial charge in [-0.3, -0.25) is 4.72 Å². The lowest BCUT2D eigenvalue weighted by Gasteiger charge is -2.12. The standard InChI is InChI=1S/C11H14N4O3S/c12-5-6-18-10-4-2-1-3-9(10)15-19(16,17)11-7-13-8-14-11/h1-4,7-8,15H,5-6,12H2,(H,13,14). The number of ether oxygens (including phenoxy) is 1. The average Bonchev–Trinajstić information content (AvgIpc) is 2.92. The molecule has 0 aliphatic heterocycles. The molecule has 0 aliphatic rings. The maximum Gasteiger partial charge on any atom is 0.279 e. The van der Waals surface area contributed by atoms with Gasteiger partial charge in [-0.15, -0.1) is 0 Å². The first kappa shape index (κ1) is 13.4. The average molecular weight is 282 g/mol. The van der Waals surface area contributed by atoms with Gasteiger partial charge in [-0.1, -0.05) is 12.1 Å². The first-order valence-electron chi connectivity index (χ1n) is 5.56. The van der Waals surface area contributed by atoms with Crippen molar-refractivity contribution in [2.24, 2.45) is 5.73 Å². The lowest BCUT2D eigenvalue weighted by atomic mass is 10.3. The SMILES string of the molecule is NCCOc1ccccc1NS(=O)(=O)c1cnc[nH]1. The Balaban J connectivity index is 2.24. The van der Waals surface area contributed by atoms with E-state index in [2.05, 4.69) is 14.7 Å². The molecule has 1 heterocycles. The zero-order valence-electron chi connectivity index (χ0n) is 10.0. The lowest BCUT2D eigenvalue weighted by Crippen LogP contribution is -2.15. The number of aromatic nitrogens is 2. The summed E-state index contributed by atoms with van der Waals surface area (Å²) in [5.74, 6) is 0.427. The van der Waals surface area contributed by atoms with Crippen molar-refractivity contribution >= 4 is 15.7 Å².